The number of hydrogen-bond donors (Lipinski definition) is 2. The Morgan fingerprint density at radius 3 is 2.72 bits per heavy atom. The van der Waals surface area contributed by atoms with Crippen molar-refractivity contribution >= 4 is 11.6 Å². The zero-order valence-electron chi connectivity index (χ0n) is 11.1. The molecular formula is C13H20FN3O. The second-order valence-corrected chi connectivity index (χ2v) is 4.12. The van der Waals surface area contributed by atoms with Gasteiger partial charge in [0.15, 0.2) is 0 Å². The number of nitrogens with one attached hydrogen (secondary N) is 2. The van der Waals surface area contributed by atoms with E-state index in [9.17, 15) is 9.18 Å². The predicted molar refractivity (Wildman–Crippen MR) is 70.8 cm³/mol. The molecule has 1 aromatic carbocycles. The molecule has 0 spiro atoms. The van der Waals surface area contributed by atoms with Gasteiger partial charge in [-0.05, 0) is 37.6 Å². The van der Waals surface area contributed by atoms with Crippen LogP contribution in [0.4, 0.5) is 10.1 Å². The number of anilines is 1. The van der Waals surface area contributed by atoms with Crippen molar-refractivity contribution < 1.29 is 9.18 Å². The van der Waals surface area contributed by atoms with Gasteiger partial charge in [0.05, 0.1) is 0 Å². The lowest BCUT2D eigenvalue weighted by atomic mass is 10.2. The highest BCUT2D eigenvalue weighted by molar-refractivity contribution is 5.72. The molecule has 0 aliphatic rings. The second kappa shape index (κ2) is 6.96. The summed E-state index contributed by atoms with van der Waals surface area (Å²) in [6.07, 6.45) is 0. The van der Waals surface area contributed by atoms with Gasteiger partial charge >= 0.3 is 0 Å². The van der Waals surface area contributed by atoms with Crippen LogP contribution in [0, 0.1) is 12.7 Å². The fourth-order valence-electron chi connectivity index (χ4n) is 1.67. The number of likely N-dealkylation sites (N-methyl/N-ethyl adjacent to an activating group) is 1. The zero-order chi connectivity index (χ0) is 13.5. The minimum absolute atomic E-state index is 0.115. The maximum Gasteiger partial charge on any atom is 0.230 e. The number of halogens is 1. The van der Waals surface area contributed by atoms with Crippen LogP contribution < -0.4 is 15.8 Å². The molecule has 2 N–H and O–H groups in total. The Morgan fingerprint density at radius 1 is 1.44 bits per heavy atom. The molecule has 1 rings (SSSR count). The Balaban J connectivity index is 2.54. The number of aryl methyl sites for hydroxylation is 1. The molecule has 18 heavy (non-hydrogen) atoms. The van der Waals surface area contributed by atoms with Crippen LogP contribution in [-0.2, 0) is 4.79 Å². The predicted octanol–water partition coefficient (Wildman–Crippen LogP) is 1.60. The number of nitrogens with zero attached hydrogens (tertiary/aromatic N) is 1. The summed E-state index contributed by atoms with van der Waals surface area (Å²) in [5.74, 6) is -0.304. The van der Waals surface area contributed by atoms with Gasteiger partial charge in [0.25, 0.3) is 0 Å². The van der Waals surface area contributed by atoms with Gasteiger partial charge in [-0.15, -0.1) is 0 Å². The van der Waals surface area contributed by atoms with Crippen LogP contribution in [-0.4, -0.2) is 25.5 Å². The number of amides is 1. The fraction of sp³-hybridized carbons (Fsp3) is 0.462. The minimum atomic E-state index is -0.189. The Labute approximate surface area is 107 Å². The van der Waals surface area contributed by atoms with Crippen molar-refractivity contribution in [3.63, 3.8) is 0 Å². The summed E-state index contributed by atoms with van der Waals surface area (Å²) < 4.78 is 13.2. The monoisotopic (exact) mass is 253 g/mol. The third-order valence-corrected chi connectivity index (χ3v) is 2.66. The quantitative estimate of drug-likeness (QED) is 0.598. The van der Waals surface area contributed by atoms with Crippen LogP contribution in [0.5, 0.6) is 0 Å². The van der Waals surface area contributed by atoms with Gasteiger partial charge in [-0.1, -0.05) is 0 Å². The Bertz CT molecular complexity index is 409. The molecule has 1 aromatic rings. The van der Waals surface area contributed by atoms with Gasteiger partial charge in [-0.25, -0.2) is 9.82 Å². The topological polar surface area (TPSA) is 44.4 Å². The van der Waals surface area contributed by atoms with E-state index in [2.05, 4.69) is 15.8 Å². The molecule has 0 saturated carbocycles. The normalized spacial score (nSPS) is 10.2. The average molecular weight is 253 g/mol. The first kappa shape index (κ1) is 14.4. The molecule has 1 amide bonds. The van der Waals surface area contributed by atoms with Crippen LogP contribution in [0.1, 0.15) is 19.4 Å². The largest absolute Gasteiger partial charge is 0.370 e. The van der Waals surface area contributed by atoms with E-state index < -0.39 is 0 Å². The van der Waals surface area contributed by atoms with Crippen molar-refractivity contribution in [2.24, 2.45) is 0 Å². The maximum absolute atomic E-state index is 13.2. The third-order valence-electron chi connectivity index (χ3n) is 2.66. The van der Waals surface area contributed by atoms with Crippen LogP contribution >= 0.6 is 0 Å². The molecule has 0 bridgehead atoms. The summed E-state index contributed by atoms with van der Waals surface area (Å²) in [5.41, 5.74) is 6.98. The van der Waals surface area contributed by atoms with E-state index in [0.717, 1.165) is 18.8 Å². The highest BCUT2D eigenvalue weighted by Gasteiger charge is 2.06. The summed E-state index contributed by atoms with van der Waals surface area (Å²) in [5, 5.41) is 0. The average Bonchev–Trinajstić information content (AvgIpc) is 2.33. The van der Waals surface area contributed by atoms with Crippen LogP contribution in [0.2, 0.25) is 0 Å². The van der Waals surface area contributed by atoms with Crippen molar-refractivity contribution in [3.05, 3.63) is 29.6 Å². The first-order valence-corrected chi connectivity index (χ1v) is 6.05. The first-order valence-electron chi connectivity index (χ1n) is 6.05. The van der Waals surface area contributed by atoms with E-state index in [4.69, 9.17) is 0 Å². The van der Waals surface area contributed by atoms with Gasteiger partial charge in [0, 0.05) is 32.2 Å². The molecule has 0 aromatic heterocycles. The lowest BCUT2D eigenvalue weighted by molar-refractivity contribution is -0.119. The van der Waals surface area contributed by atoms with Gasteiger partial charge in [-0.2, -0.15) is 0 Å². The van der Waals surface area contributed by atoms with E-state index in [1.807, 2.05) is 13.0 Å². The first-order chi connectivity index (χ1) is 8.54. The lowest BCUT2D eigenvalue weighted by Crippen LogP contribution is -2.41. The fourth-order valence-corrected chi connectivity index (χ4v) is 1.67. The number of carbonyl (C=O) groups excluding carboxylic acids is 1. The van der Waals surface area contributed by atoms with Crippen molar-refractivity contribution in [1.82, 2.24) is 10.9 Å². The molecule has 0 unspecified atom stereocenters. The second-order valence-electron chi connectivity index (χ2n) is 4.12. The van der Waals surface area contributed by atoms with Crippen LogP contribution in [0.15, 0.2) is 18.2 Å². The number of carbonyl (C=O) groups is 1. The molecule has 4 nitrogen and oxygen atoms in total. The molecule has 0 radical (unpaired) electrons. The van der Waals surface area contributed by atoms with Gasteiger partial charge in [0.2, 0.25) is 5.91 Å². The van der Waals surface area contributed by atoms with E-state index in [-0.39, 0.29) is 11.7 Å². The standard InChI is InChI=1S/C13H20FN3O/c1-4-17(8-7-15-16-11(3)18)12-5-6-13(14)10(2)9-12/h5-6,9,15H,4,7-8H2,1-3H3,(H,16,18). The number of hydrazine groups is 1. The maximum atomic E-state index is 13.2. The van der Waals surface area contributed by atoms with Crippen molar-refractivity contribution in [1.29, 1.82) is 0 Å². The summed E-state index contributed by atoms with van der Waals surface area (Å²) in [7, 11) is 0. The Morgan fingerprint density at radius 2 is 2.17 bits per heavy atom. The summed E-state index contributed by atoms with van der Waals surface area (Å²) in [4.78, 5) is 12.8. The van der Waals surface area contributed by atoms with Crippen molar-refractivity contribution in [3.8, 4) is 0 Å². The van der Waals surface area contributed by atoms with Crippen molar-refractivity contribution in [2.45, 2.75) is 20.8 Å². The molecular weight excluding hydrogens is 233 g/mol. The SMILES string of the molecule is CCN(CCNNC(C)=O)c1ccc(F)c(C)c1. The van der Waals surface area contributed by atoms with Crippen molar-refractivity contribution in [2.75, 3.05) is 24.5 Å². The molecule has 0 aliphatic heterocycles. The molecule has 0 fully saturated rings. The number of hydrogen-bond acceptors (Lipinski definition) is 3. The molecule has 0 atom stereocenters. The Hall–Kier alpha value is -1.62. The Kier molecular flexibility index (Phi) is 5.58. The molecule has 0 heterocycles. The highest BCUT2D eigenvalue weighted by Crippen LogP contribution is 2.17. The van der Waals surface area contributed by atoms with E-state index >= 15 is 0 Å². The van der Waals surface area contributed by atoms with Gasteiger partial charge < -0.3 is 4.90 Å². The minimum Gasteiger partial charge on any atom is -0.370 e. The number of benzene rings is 1. The molecule has 0 saturated heterocycles. The van der Waals surface area contributed by atoms with E-state index in [1.54, 1.807) is 13.0 Å². The van der Waals surface area contributed by atoms with E-state index in [1.165, 1.54) is 13.0 Å². The molecule has 5 heteroatoms. The molecule has 0 aliphatic carbocycles. The zero-order valence-corrected chi connectivity index (χ0v) is 11.1. The summed E-state index contributed by atoms with van der Waals surface area (Å²) >= 11 is 0. The van der Waals surface area contributed by atoms with Gasteiger partial charge in [0.1, 0.15) is 5.82 Å². The summed E-state index contributed by atoms with van der Waals surface area (Å²) in [6, 6.07) is 5.08. The molecule has 100 valence electrons. The van der Waals surface area contributed by atoms with E-state index in [0.29, 0.717) is 12.1 Å². The smallest absolute Gasteiger partial charge is 0.230 e. The van der Waals surface area contributed by atoms with Crippen LogP contribution in [0.25, 0.3) is 0 Å². The van der Waals surface area contributed by atoms with Gasteiger partial charge in [-0.3, -0.25) is 10.2 Å². The number of rotatable bonds is 6. The lowest BCUT2D eigenvalue weighted by Gasteiger charge is -2.23. The summed E-state index contributed by atoms with van der Waals surface area (Å²) in [6.45, 7) is 7.44. The van der Waals surface area contributed by atoms with Crippen LogP contribution in [0.3, 0.4) is 0 Å². The highest BCUT2D eigenvalue weighted by atomic mass is 19.1. The third kappa shape index (κ3) is 4.33.